The van der Waals surface area contributed by atoms with E-state index in [9.17, 15) is 0 Å². The van der Waals surface area contributed by atoms with Gasteiger partial charge < -0.3 is 9.80 Å². The van der Waals surface area contributed by atoms with Crippen molar-refractivity contribution in [1.29, 1.82) is 0 Å². The van der Waals surface area contributed by atoms with E-state index in [1.807, 2.05) is 0 Å². The van der Waals surface area contributed by atoms with Gasteiger partial charge in [-0.05, 0) is 116 Å². The Bertz CT molecular complexity index is 3010. The highest BCUT2D eigenvalue weighted by Gasteiger charge is 2.52. The first-order valence-corrected chi connectivity index (χ1v) is 20.4. The first-order valence-electron chi connectivity index (χ1n) is 20.4. The van der Waals surface area contributed by atoms with Crippen LogP contribution in [0.15, 0.2) is 231 Å². The molecule has 0 aromatic heterocycles. The van der Waals surface area contributed by atoms with Gasteiger partial charge in [-0.3, -0.25) is 0 Å². The van der Waals surface area contributed by atoms with Gasteiger partial charge in [0.25, 0.3) is 0 Å². The summed E-state index contributed by atoms with van der Waals surface area (Å²) < 4.78 is 0. The molecule has 10 aromatic carbocycles. The summed E-state index contributed by atoms with van der Waals surface area (Å²) in [6.07, 6.45) is 0. The molecular formula is C57H38N2. The van der Waals surface area contributed by atoms with E-state index < -0.39 is 5.41 Å². The predicted molar refractivity (Wildman–Crippen MR) is 247 cm³/mol. The van der Waals surface area contributed by atoms with Crippen LogP contribution in [0.5, 0.6) is 0 Å². The molecule has 1 spiro atoms. The first kappa shape index (κ1) is 33.5. The lowest BCUT2D eigenvalue weighted by Gasteiger charge is -2.33. The molecule has 59 heavy (non-hydrogen) atoms. The van der Waals surface area contributed by atoms with Gasteiger partial charge in [-0.15, -0.1) is 0 Å². The van der Waals surface area contributed by atoms with Crippen molar-refractivity contribution in [2.45, 2.75) is 5.41 Å². The number of para-hydroxylation sites is 2. The third-order valence-corrected chi connectivity index (χ3v) is 12.6. The summed E-state index contributed by atoms with van der Waals surface area (Å²) in [5.41, 5.74) is 16.6. The average Bonchev–Trinajstić information content (AvgIpc) is 3.77. The molecule has 0 radical (unpaired) electrons. The summed E-state index contributed by atoms with van der Waals surface area (Å²) >= 11 is 0. The lowest BCUT2D eigenvalue weighted by molar-refractivity contribution is 0.793. The lowest BCUT2D eigenvalue weighted by atomic mass is 9.70. The van der Waals surface area contributed by atoms with Crippen molar-refractivity contribution in [2.75, 3.05) is 9.80 Å². The molecule has 0 unspecified atom stereocenters. The maximum absolute atomic E-state index is 2.49. The number of hydrogen-bond donors (Lipinski definition) is 0. The van der Waals surface area contributed by atoms with Gasteiger partial charge in [-0.2, -0.15) is 0 Å². The summed E-state index contributed by atoms with van der Waals surface area (Å²) in [6, 6.07) is 84.9. The van der Waals surface area contributed by atoms with Crippen molar-refractivity contribution in [1.82, 2.24) is 0 Å². The van der Waals surface area contributed by atoms with Crippen molar-refractivity contribution in [3.8, 4) is 22.3 Å². The van der Waals surface area contributed by atoms with Crippen molar-refractivity contribution in [3.63, 3.8) is 0 Å². The van der Waals surface area contributed by atoms with Crippen LogP contribution in [0.4, 0.5) is 34.1 Å². The Morgan fingerprint density at radius 1 is 0.254 bits per heavy atom. The van der Waals surface area contributed by atoms with E-state index in [1.165, 1.54) is 66.1 Å². The lowest BCUT2D eigenvalue weighted by Crippen LogP contribution is -2.26. The molecule has 0 atom stereocenters. The Kier molecular flexibility index (Phi) is 7.48. The van der Waals surface area contributed by atoms with Crippen LogP contribution in [0.2, 0.25) is 0 Å². The molecule has 0 saturated heterocycles. The fourth-order valence-electron chi connectivity index (χ4n) is 10.2. The largest absolute Gasteiger partial charge is 0.310 e. The molecule has 2 heteroatoms. The van der Waals surface area contributed by atoms with Crippen LogP contribution in [-0.4, -0.2) is 0 Å². The highest BCUT2D eigenvalue weighted by atomic mass is 15.1. The minimum absolute atomic E-state index is 0.550. The molecule has 2 aliphatic carbocycles. The van der Waals surface area contributed by atoms with E-state index in [4.69, 9.17) is 0 Å². The highest BCUT2D eigenvalue weighted by Crippen LogP contribution is 2.64. The molecule has 0 heterocycles. The van der Waals surface area contributed by atoms with Crippen LogP contribution in [0.3, 0.4) is 0 Å². The molecule has 0 amide bonds. The van der Waals surface area contributed by atoms with Gasteiger partial charge in [0.2, 0.25) is 0 Å². The summed E-state index contributed by atoms with van der Waals surface area (Å²) in [5.74, 6) is 0. The monoisotopic (exact) mass is 750 g/mol. The Morgan fingerprint density at radius 3 is 1.10 bits per heavy atom. The molecule has 2 nitrogen and oxygen atoms in total. The topological polar surface area (TPSA) is 6.48 Å². The molecule has 0 saturated carbocycles. The molecule has 0 bridgehead atoms. The van der Waals surface area contributed by atoms with Crippen molar-refractivity contribution in [2.24, 2.45) is 0 Å². The smallest absolute Gasteiger partial charge is 0.0727 e. The zero-order chi connectivity index (χ0) is 38.9. The van der Waals surface area contributed by atoms with Crippen LogP contribution in [0.25, 0.3) is 43.8 Å². The minimum atomic E-state index is -0.550. The number of fused-ring (bicyclic) bond motifs is 12. The van der Waals surface area contributed by atoms with Crippen molar-refractivity contribution >= 4 is 55.7 Å². The number of benzene rings is 10. The van der Waals surface area contributed by atoms with Gasteiger partial charge in [0, 0.05) is 33.5 Å². The second kappa shape index (κ2) is 13.2. The van der Waals surface area contributed by atoms with Crippen LogP contribution in [0, 0.1) is 0 Å². The van der Waals surface area contributed by atoms with Crippen molar-refractivity contribution in [3.05, 3.63) is 253 Å². The first-order chi connectivity index (χ1) is 29.3. The van der Waals surface area contributed by atoms with Gasteiger partial charge >= 0.3 is 0 Å². The Labute approximate surface area is 344 Å². The minimum Gasteiger partial charge on any atom is -0.310 e. The summed E-state index contributed by atoms with van der Waals surface area (Å²) in [5, 5.41) is 4.87. The van der Waals surface area contributed by atoms with Crippen LogP contribution >= 0.6 is 0 Å². The van der Waals surface area contributed by atoms with Crippen LogP contribution in [0.1, 0.15) is 22.3 Å². The Hall–Kier alpha value is -7.68. The standard InChI is InChI=1S/C57H38N2/c1-3-21-41(22-4-1)58(55-31-15-19-39-17-7-9-25-45(39)55)43-33-35-49-47-27-11-13-29-51(47)57(53(49)37-43)52-30-14-12-28-48(52)50-36-34-44(38-54(50)57)59(42-23-5-2-6-24-42)56-32-16-20-40-18-8-10-26-46(40)56/h1-38H. The van der Waals surface area contributed by atoms with Crippen molar-refractivity contribution < 1.29 is 0 Å². The van der Waals surface area contributed by atoms with E-state index in [0.29, 0.717) is 0 Å². The number of nitrogens with zero attached hydrogens (tertiary/aromatic N) is 2. The van der Waals surface area contributed by atoms with Gasteiger partial charge in [-0.1, -0.05) is 170 Å². The van der Waals surface area contributed by atoms with E-state index in [2.05, 4.69) is 240 Å². The van der Waals surface area contributed by atoms with E-state index in [0.717, 1.165) is 34.1 Å². The highest BCUT2D eigenvalue weighted by molar-refractivity contribution is 6.02. The predicted octanol–water partition coefficient (Wildman–Crippen LogP) is 15.3. The fraction of sp³-hybridized carbons (Fsp3) is 0.0175. The fourth-order valence-corrected chi connectivity index (χ4v) is 10.2. The Balaban J connectivity index is 1.14. The number of rotatable bonds is 6. The summed E-state index contributed by atoms with van der Waals surface area (Å²) in [6.45, 7) is 0. The van der Waals surface area contributed by atoms with E-state index >= 15 is 0 Å². The molecule has 0 N–H and O–H groups in total. The zero-order valence-electron chi connectivity index (χ0n) is 32.3. The third-order valence-electron chi connectivity index (χ3n) is 12.6. The molecule has 12 rings (SSSR count). The second-order valence-corrected chi connectivity index (χ2v) is 15.6. The van der Waals surface area contributed by atoms with E-state index in [-0.39, 0.29) is 0 Å². The normalized spacial score (nSPS) is 12.9. The molecule has 10 aromatic rings. The van der Waals surface area contributed by atoms with Crippen LogP contribution < -0.4 is 9.80 Å². The van der Waals surface area contributed by atoms with Crippen LogP contribution in [-0.2, 0) is 5.41 Å². The maximum Gasteiger partial charge on any atom is 0.0727 e. The van der Waals surface area contributed by atoms with Gasteiger partial charge in [0.05, 0.1) is 16.8 Å². The van der Waals surface area contributed by atoms with E-state index in [1.54, 1.807) is 0 Å². The number of hydrogen-bond acceptors (Lipinski definition) is 2. The molecule has 2 aliphatic rings. The summed E-state index contributed by atoms with van der Waals surface area (Å²) in [4.78, 5) is 4.88. The van der Waals surface area contributed by atoms with Gasteiger partial charge in [-0.25, -0.2) is 0 Å². The molecule has 276 valence electrons. The maximum atomic E-state index is 2.49. The second-order valence-electron chi connectivity index (χ2n) is 15.6. The molecule has 0 fully saturated rings. The average molecular weight is 751 g/mol. The Morgan fingerprint density at radius 2 is 0.627 bits per heavy atom. The SMILES string of the molecule is c1ccc(N(c2ccc3c(c2)C2(c4ccccc4-3)c3ccccc3-c3ccc(N(c4ccccc4)c4cccc5ccccc45)cc32)c2cccc3ccccc23)cc1. The quantitative estimate of drug-likeness (QED) is 0.167. The van der Waals surface area contributed by atoms with Gasteiger partial charge in [0.15, 0.2) is 0 Å². The third kappa shape index (κ3) is 4.93. The van der Waals surface area contributed by atoms with Gasteiger partial charge in [0.1, 0.15) is 0 Å². The summed E-state index contributed by atoms with van der Waals surface area (Å²) in [7, 11) is 0. The number of anilines is 6. The zero-order valence-corrected chi connectivity index (χ0v) is 32.3. The molecular weight excluding hydrogens is 713 g/mol. The molecule has 0 aliphatic heterocycles.